The van der Waals surface area contributed by atoms with E-state index in [1.54, 1.807) is 0 Å². The van der Waals surface area contributed by atoms with Gasteiger partial charge in [0.25, 0.3) is 0 Å². The molecule has 5 aliphatic carbocycles. The van der Waals surface area contributed by atoms with E-state index in [0.29, 0.717) is 11.7 Å². The highest BCUT2D eigenvalue weighted by molar-refractivity contribution is 5.84. The van der Waals surface area contributed by atoms with Gasteiger partial charge in [-0.3, -0.25) is 4.79 Å². The quantitative estimate of drug-likeness (QED) is 0.569. The van der Waals surface area contributed by atoms with Gasteiger partial charge in [0.05, 0.1) is 0 Å². The lowest BCUT2D eigenvalue weighted by Gasteiger charge is -2.40. The normalized spacial score (nSPS) is 65.4. The molecular weight excluding hydrogens is 196 g/mol. The van der Waals surface area contributed by atoms with Crippen molar-refractivity contribution in [2.75, 3.05) is 0 Å². The molecule has 0 heterocycles. The Kier molecular flexibility index (Phi) is 1.40. The van der Waals surface area contributed by atoms with Crippen LogP contribution in [0, 0.1) is 47.3 Å². The fraction of sp³-hybridized carbons (Fsp3) is 0.933. The van der Waals surface area contributed by atoms with E-state index in [-0.39, 0.29) is 0 Å². The molecule has 0 aliphatic heterocycles. The molecule has 0 radical (unpaired) electrons. The third-order valence-corrected chi connectivity index (χ3v) is 7.15. The van der Waals surface area contributed by atoms with Crippen LogP contribution in [0.15, 0.2) is 0 Å². The minimum atomic E-state index is 0.547. The predicted octanol–water partition coefficient (Wildman–Crippen LogP) is 2.89. The Labute approximate surface area is 97.0 Å². The third-order valence-electron chi connectivity index (χ3n) is 7.15. The maximum absolute atomic E-state index is 12.0. The lowest BCUT2D eigenvalue weighted by molar-refractivity contribution is -0.124. The van der Waals surface area contributed by atoms with E-state index >= 15 is 0 Å². The first-order valence-electron chi connectivity index (χ1n) is 7.37. The Morgan fingerprint density at radius 1 is 0.812 bits per heavy atom. The van der Waals surface area contributed by atoms with Gasteiger partial charge >= 0.3 is 0 Å². The number of rotatable bonds is 0. The van der Waals surface area contributed by atoms with Gasteiger partial charge in [-0.25, -0.2) is 0 Å². The van der Waals surface area contributed by atoms with Crippen molar-refractivity contribution in [2.24, 2.45) is 47.3 Å². The highest BCUT2D eigenvalue weighted by Gasteiger charge is 2.67. The molecular formula is C15H20O. The molecule has 5 fully saturated rings. The van der Waals surface area contributed by atoms with Crippen LogP contribution in [-0.4, -0.2) is 5.78 Å². The number of hydrogen-bond donors (Lipinski definition) is 0. The molecule has 1 heteroatoms. The molecule has 1 nitrogen and oxygen atoms in total. The second-order valence-corrected chi connectivity index (χ2v) is 7.25. The average Bonchev–Trinajstić information content (AvgIpc) is 2.99. The standard InChI is InChI=1S/C15H20O/c16-12-4-3-9-10-6-11(15(9)12)14-8-2-1-7(5-8)13(10)14/h7-11,13-15H,1-6H2. The van der Waals surface area contributed by atoms with Crippen molar-refractivity contribution in [3.63, 3.8) is 0 Å². The Hall–Kier alpha value is -0.330. The molecule has 8 atom stereocenters. The van der Waals surface area contributed by atoms with E-state index < -0.39 is 0 Å². The SMILES string of the molecule is O=C1CCC2C3CC(C12)C1C2CCC(C2)C31. The number of carbonyl (C=O) groups is 1. The van der Waals surface area contributed by atoms with Gasteiger partial charge in [-0.05, 0) is 73.5 Å². The van der Waals surface area contributed by atoms with Crippen LogP contribution in [0.4, 0.5) is 0 Å². The van der Waals surface area contributed by atoms with Crippen LogP contribution in [0.2, 0.25) is 0 Å². The Balaban J connectivity index is 1.60. The first kappa shape index (κ1) is 8.72. The van der Waals surface area contributed by atoms with Gasteiger partial charge in [-0.2, -0.15) is 0 Å². The Morgan fingerprint density at radius 3 is 2.38 bits per heavy atom. The van der Waals surface area contributed by atoms with Crippen molar-refractivity contribution in [1.29, 1.82) is 0 Å². The lowest BCUT2D eigenvalue weighted by Crippen LogP contribution is -2.37. The minimum absolute atomic E-state index is 0.547. The van der Waals surface area contributed by atoms with Crippen LogP contribution in [0.5, 0.6) is 0 Å². The summed E-state index contributed by atoms with van der Waals surface area (Å²) in [6.45, 7) is 0. The van der Waals surface area contributed by atoms with Gasteiger partial charge < -0.3 is 0 Å². The van der Waals surface area contributed by atoms with Crippen molar-refractivity contribution in [2.45, 2.75) is 38.5 Å². The number of hydrogen-bond acceptors (Lipinski definition) is 1. The number of Topliss-reactive ketones (excluding diaryl/α,β-unsaturated/α-hetero) is 1. The lowest BCUT2D eigenvalue weighted by atomic mass is 9.64. The number of carbonyl (C=O) groups excluding carboxylic acids is 1. The average molecular weight is 216 g/mol. The van der Waals surface area contributed by atoms with Crippen LogP contribution in [0.1, 0.15) is 38.5 Å². The molecule has 5 rings (SSSR count). The first-order chi connectivity index (χ1) is 7.84. The molecule has 4 bridgehead atoms. The monoisotopic (exact) mass is 216 g/mol. The minimum Gasteiger partial charge on any atom is -0.299 e. The van der Waals surface area contributed by atoms with Crippen LogP contribution in [0.3, 0.4) is 0 Å². The van der Waals surface area contributed by atoms with Crippen molar-refractivity contribution in [3.05, 3.63) is 0 Å². The summed E-state index contributed by atoms with van der Waals surface area (Å²) in [5.41, 5.74) is 0. The number of fused-ring (bicyclic) bond motifs is 12. The zero-order valence-electron chi connectivity index (χ0n) is 9.77. The highest BCUT2D eigenvalue weighted by atomic mass is 16.1. The zero-order chi connectivity index (χ0) is 10.4. The first-order valence-corrected chi connectivity index (χ1v) is 7.37. The second kappa shape index (κ2) is 2.57. The van der Waals surface area contributed by atoms with Gasteiger partial charge in [0.2, 0.25) is 0 Å². The summed E-state index contributed by atoms with van der Waals surface area (Å²) in [7, 11) is 0. The molecule has 0 aromatic heterocycles. The van der Waals surface area contributed by atoms with Gasteiger partial charge in [0, 0.05) is 12.3 Å². The topological polar surface area (TPSA) is 17.1 Å². The Morgan fingerprint density at radius 2 is 1.56 bits per heavy atom. The summed E-state index contributed by atoms with van der Waals surface area (Å²) >= 11 is 0. The molecule has 0 amide bonds. The smallest absolute Gasteiger partial charge is 0.136 e. The molecule has 0 saturated heterocycles. The summed E-state index contributed by atoms with van der Waals surface area (Å²) in [6, 6.07) is 0. The fourth-order valence-electron chi connectivity index (χ4n) is 7.06. The number of ketones is 1. The maximum Gasteiger partial charge on any atom is 0.136 e. The van der Waals surface area contributed by atoms with E-state index in [4.69, 9.17) is 0 Å². The largest absolute Gasteiger partial charge is 0.299 e. The van der Waals surface area contributed by atoms with E-state index in [0.717, 1.165) is 47.8 Å². The van der Waals surface area contributed by atoms with Crippen LogP contribution in [-0.2, 0) is 4.79 Å². The van der Waals surface area contributed by atoms with Crippen molar-refractivity contribution in [3.8, 4) is 0 Å². The molecule has 0 spiro atoms. The molecule has 0 N–H and O–H groups in total. The van der Waals surface area contributed by atoms with Crippen LogP contribution < -0.4 is 0 Å². The predicted molar refractivity (Wildman–Crippen MR) is 60.6 cm³/mol. The molecule has 86 valence electrons. The molecule has 16 heavy (non-hydrogen) atoms. The van der Waals surface area contributed by atoms with Crippen LogP contribution in [0.25, 0.3) is 0 Å². The van der Waals surface area contributed by atoms with Gasteiger partial charge in [0.1, 0.15) is 5.78 Å². The third kappa shape index (κ3) is 0.762. The summed E-state index contributed by atoms with van der Waals surface area (Å²) < 4.78 is 0. The second-order valence-electron chi connectivity index (χ2n) is 7.25. The molecule has 5 aliphatic rings. The Bertz CT molecular complexity index is 374. The summed E-state index contributed by atoms with van der Waals surface area (Å²) in [4.78, 5) is 12.0. The van der Waals surface area contributed by atoms with Crippen molar-refractivity contribution >= 4 is 5.78 Å². The van der Waals surface area contributed by atoms with Crippen molar-refractivity contribution < 1.29 is 4.79 Å². The summed E-state index contributed by atoms with van der Waals surface area (Å²) in [6.07, 6.45) is 8.20. The summed E-state index contributed by atoms with van der Waals surface area (Å²) in [5.74, 6) is 8.10. The summed E-state index contributed by atoms with van der Waals surface area (Å²) in [5, 5.41) is 0. The fourth-order valence-corrected chi connectivity index (χ4v) is 7.06. The van der Waals surface area contributed by atoms with E-state index in [1.165, 1.54) is 32.1 Å². The molecule has 8 unspecified atom stereocenters. The van der Waals surface area contributed by atoms with Gasteiger partial charge in [-0.1, -0.05) is 0 Å². The van der Waals surface area contributed by atoms with E-state index in [1.807, 2.05) is 0 Å². The highest BCUT2D eigenvalue weighted by Crippen LogP contribution is 2.72. The van der Waals surface area contributed by atoms with E-state index in [9.17, 15) is 4.79 Å². The van der Waals surface area contributed by atoms with Gasteiger partial charge in [-0.15, -0.1) is 0 Å². The molecule has 0 aromatic rings. The zero-order valence-corrected chi connectivity index (χ0v) is 9.77. The molecule has 0 aromatic carbocycles. The maximum atomic E-state index is 12.0. The molecule has 5 saturated carbocycles. The van der Waals surface area contributed by atoms with Gasteiger partial charge in [0.15, 0.2) is 0 Å². The van der Waals surface area contributed by atoms with Crippen LogP contribution >= 0.6 is 0 Å². The van der Waals surface area contributed by atoms with Crippen molar-refractivity contribution in [1.82, 2.24) is 0 Å². The van der Waals surface area contributed by atoms with E-state index in [2.05, 4.69) is 0 Å².